The van der Waals surface area contributed by atoms with Gasteiger partial charge in [0.2, 0.25) is 0 Å². The standard InChI is InChI=1S/C17H10N7/c1-2-7-18-12(5-1)15-16(13-6-3-10-22-24-13)23-14(11-21-15)17-19-8-4-9-20-17/h1-10H. The number of hydrogen-bond donors (Lipinski definition) is 0. The summed E-state index contributed by atoms with van der Waals surface area (Å²) >= 11 is 0. The van der Waals surface area contributed by atoms with Crippen molar-refractivity contribution in [1.82, 2.24) is 35.1 Å². The first kappa shape index (κ1) is 14.0. The number of hydrogen-bond acceptors (Lipinski definition) is 7. The molecule has 0 bridgehead atoms. The lowest BCUT2D eigenvalue weighted by atomic mass is 10.1. The molecule has 0 N–H and O–H groups in total. The first-order valence-corrected chi connectivity index (χ1v) is 7.18. The molecule has 0 unspecified atom stereocenters. The maximum absolute atomic E-state index is 4.60. The van der Waals surface area contributed by atoms with Gasteiger partial charge in [-0.3, -0.25) is 4.98 Å². The van der Waals surface area contributed by atoms with Gasteiger partial charge in [0.25, 0.3) is 0 Å². The van der Waals surface area contributed by atoms with Crippen LogP contribution in [-0.4, -0.2) is 35.1 Å². The average Bonchev–Trinajstić information content (AvgIpc) is 2.69. The molecule has 0 saturated carbocycles. The number of rotatable bonds is 3. The van der Waals surface area contributed by atoms with Crippen molar-refractivity contribution in [2.45, 2.75) is 0 Å². The molecule has 0 amide bonds. The molecule has 0 atom stereocenters. The van der Waals surface area contributed by atoms with E-state index in [4.69, 9.17) is 0 Å². The summed E-state index contributed by atoms with van der Waals surface area (Å²) in [5.41, 5.74) is 2.86. The molecule has 4 aromatic rings. The van der Waals surface area contributed by atoms with E-state index >= 15 is 0 Å². The van der Waals surface area contributed by atoms with Gasteiger partial charge >= 0.3 is 0 Å². The third-order valence-electron chi connectivity index (χ3n) is 3.22. The highest BCUT2D eigenvalue weighted by Crippen LogP contribution is 2.27. The summed E-state index contributed by atoms with van der Waals surface area (Å²) < 4.78 is 0. The third kappa shape index (κ3) is 2.70. The van der Waals surface area contributed by atoms with Crippen LogP contribution in [0.25, 0.3) is 34.3 Å². The van der Waals surface area contributed by atoms with Crippen molar-refractivity contribution in [3.63, 3.8) is 0 Å². The van der Waals surface area contributed by atoms with E-state index in [1.165, 1.54) is 0 Å². The van der Waals surface area contributed by atoms with Crippen molar-refractivity contribution in [2.24, 2.45) is 0 Å². The molecule has 0 aliphatic heterocycles. The SMILES string of the molecule is [c]1nc(-c2ccccn2)c(-c2cccnn2)nc1-c1ncccn1. The Labute approximate surface area is 137 Å². The van der Waals surface area contributed by atoms with Crippen LogP contribution < -0.4 is 0 Å². The van der Waals surface area contributed by atoms with E-state index in [9.17, 15) is 0 Å². The minimum Gasteiger partial charge on any atom is -0.255 e. The van der Waals surface area contributed by atoms with Crippen molar-refractivity contribution >= 4 is 0 Å². The predicted octanol–water partition coefficient (Wildman–Crippen LogP) is 2.25. The summed E-state index contributed by atoms with van der Waals surface area (Å²) in [5, 5.41) is 8.05. The van der Waals surface area contributed by atoms with Crippen LogP contribution in [0.4, 0.5) is 0 Å². The highest BCUT2D eigenvalue weighted by atomic mass is 15.1. The van der Waals surface area contributed by atoms with Gasteiger partial charge in [0.1, 0.15) is 29.0 Å². The smallest absolute Gasteiger partial charge is 0.180 e. The van der Waals surface area contributed by atoms with Gasteiger partial charge in [0.05, 0.1) is 5.69 Å². The fourth-order valence-corrected chi connectivity index (χ4v) is 2.16. The van der Waals surface area contributed by atoms with Crippen LogP contribution in [0.5, 0.6) is 0 Å². The normalized spacial score (nSPS) is 10.5. The van der Waals surface area contributed by atoms with E-state index in [-0.39, 0.29) is 0 Å². The molecule has 7 nitrogen and oxygen atoms in total. The molecule has 113 valence electrons. The van der Waals surface area contributed by atoms with E-state index in [0.717, 1.165) is 0 Å². The fraction of sp³-hybridized carbons (Fsp3) is 0. The Morgan fingerprint density at radius 3 is 2.29 bits per heavy atom. The lowest BCUT2D eigenvalue weighted by molar-refractivity contribution is 1.02. The lowest BCUT2D eigenvalue weighted by Gasteiger charge is -2.07. The van der Waals surface area contributed by atoms with Gasteiger partial charge in [0, 0.05) is 24.8 Å². The van der Waals surface area contributed by atoms with Crippen molar-refractivity contribution in [3.8, 4) is 34.3 Å². The average molecular weight is 312 g/mol. The number of pyridine rings is 1. The molecule has 7 heteroatoms. The summed E-state index contributed by atoms with van der Waals surface area (Å²) in [4.78, 5) is 21.7. The zero-order chi connectivity index (χ0) is 16.2. The van der Waals surface area contributed by atoms with Crippen LogP contribution >= 0.6 is 0 Å². The van der Waals surface area contributed by atoms with E-state index < -0.39 is 0 Å². The van der Waals surface area contributed by atoms with Crippen LogP contribution in [0, 0.1) is 6.20 Å². The monoisotopic (exact) mass is 312 g/mol. The quantitative estimate of drug-likeness (QED) is 0.573. The van der Waals surface area contributed by atoms with Crippen LogP contribution in [0.15, 0.2) is 61.2 Å². The maximum Gasteiger partial charge on any atom is 0.180 e. The Bertz CT molecular complexity index is 944. The van der Waals surface area contributed by atoms with E-state index in [1.807, 2.05) is 24.3 Å². The molecule has 0 fully saturated rings. The minimum absolute atomic E-state index is 0.441. The van der Waals surface area contributed by atoms with E-state index in [1.54, 1.807) is 36.9 Å². The van der Waals surface area contributed by atoms with Gasteiger partial charge in [-0.25, -0.2) is 19.9 Å². The highest BCUT2D eigenvalue weighted by Gasteiger charge is 2.16. The Hall–Kier alpha value is -3.61. The van der Waals surface area contributed by atoms with Gasteiger partial charge in [-0.15, -0.1) is 5.10 Å². The topological polar surface area (TPSA) is 90.2 Å². The van der Waals surface area contributed by atoms with Crippen molar-refractivity contribution in [2.75, 3.05) is 0 Å². The Kier molecular flexibility index (Phi) is 3.65. The van der Waals surface area contributed by atoms with Crippen molar-refractivity contribution in [3.05, 3.63) is 67.4 Å². The van der Waals surface area contributed by atoms with Crippen LogP contribution in [0.2, 0.25) is 0 Å². The zero-order valence-corrected chi connectivity index (χ0v) is 12.4. The second-order valence-corrected chi connectivity index (χ2v) is 4.78. The van der Waals surface area contributed by atoms with E-state index in [0.29, 0.717) is 34.3 Å². The highest BCUT2D eigenvalue weighted by molar-refractivity contribution is 5.75. The molecule has 1 radical (unpaired) electrons. The van der Waals surface area contributed by atoms with Crippen molar-refractivity contribution in [1.29, 1.82) is 0 Å². The van der Waals surface area contributed by atoms with Crippen LogP contribution in [-0.2, 0) is 0 Å². The predicted molar refractivity (Wildman–Crippen MR) is 86.2 cm³/mol. The Balaban J connectivity index is 1.92. The molecular formula is C17H10N7. The summed E-state index contributed by atoms with van der Waals surface area (Å²) in [6.07, 6.45) is 9.48. The third-order valence-corrected chi connectivity index (χ3v) is 3.22. The molecule has 4 aromatic heterocycles. The van der Waals surface area contributed by atoms with Crippen LogP contribution in [0.3, 0.4) is 0 Å². The molecule has 4 rings (SSSR count). The molecule has 24 heavy (non-hydrogen) atoms. The zero-order valence-electron chi connectivity index (χ0n) is 12.4. The summed E-state index contributed by atoms with van der Waals surface area (Å²) in [7, 11) is 0. The van der Waals surface area contributed by atoms with Crippen molar-refractivity contribution < 1.29 is 0 Å². The number of aromatic nitrogens is 7. The molecule has 0 spiro atoms. The van der Waals surface area contributed by atoms with Gasteiger partial charge in [-0.05, 0) is 30.3 Å². The number of nitrogens with zero attached hydrogens (tertiary/aromatic N) is 7. The summed E-state index contributed by atoms with van der Waals surface area (Å²) in [5.74, 6) is 0.447. The Morgan fingerprint density at radius 1 is 0.708 bits per heavy atom. The van der Waals surface area contributed by atoms with Gasteiger partial charge in [-0.2, -0.15) is 5.10 Å². The summed E-state index contributed by atoms with van der Waals surface area (Å²) in [6, 6.07) is 10.9. The van der Waals surface area contributed by atoms with Crippen LogP contribution in [0.1, 0.15) is 0 Å². The van der Waals surface area contributed by atoms with Gasteiger partial charge in [-0.1, -0.05) is 6.07 Å². The molecule has 4 heterocycles. The maximum atomic E-state index is 4.60. The second kappa shape index (κ2) is 6.25. The second-order valence-electron chi connectivity index (χ2n) is 4.78. The largest absolute Gasteiger partial charge is 0.255 e. The minimum atomic E-state index is 0.441. The van der Waals surface area contributed by atoms with Gasteiger partial charge < -0.3 is 0 Å². The first-order valence-electron chi connectivity index (χ1n) is 7.18. The fourth-order valence-electron chi connectivity index (χ4n) is 2.16. The van der Waals surface area contributed by atoms with E-state index in [2.05, 4.69) is 41.3 Å². The summed E-state index contributed by atoms with van der Waals surface area (Å²) in [6.45, 7) is 0. The van der Waals surface area contributed by atoms with Gasteiger partial charge in [0.15, 0.2) is 5.82 Å². The molecular weight excluding hydrogens is 302 g/mol. The Morgan fingerprint density at radius 2 is 1.54 bits per heavy atom. The lowest BCUT2D eigenvalue weighted by Crippen LogP contribution is -2.01. The molecule has 0 aliphatic rings. The molecule has 0 aliphatic carbocycles. The first-order chi connectivity index (χ1) is 11.9. The molecule has 0 saturated heterocycles. The molecule has 0 aromatic carbocycles.